The van der Waals surface area contributed by atoms with Gasteiger partial charge in [-0.1, -0.05) is 18.2 Å². The predicted molar refractivity (Wildman–Crippen MR) is 96.8 cm³/mol. The van der Waals surface area contributed by atoms with Crippen LogP contribution in [0.2, 0.25) is 0 Å². The number of carbonyl (C=O) groups is 2. The molecule has 0 amide bonds. The fraction of sp³-hybridized carbons (Fsp3) is 0.333. The van der Waals surface area contributed by atoms with Crippen molar-refractivity contribution in [2.75, 3.05) is 13.2 Å². The highest BCUT2D eigenvalue weighted by molar-refractivity contribution is 6.10. The van der Waals surface area contributed by atoms with Crippen molar-refractivity contribution in [1.29, 1.82) is 0 Å². The van der Waals surface area contributed by atoms with E-state index in [0.717, 1.165) is 11.1 Å². The Labute approximate surface area is 152 Å². The molecule has 0 saturated heterocycles. The maximum absolute atomic E-state index is 12.8. The third kappa shape index (κ3) is 3.57. The molecule has 0 fully saturated rings. The minimum atomic E-state index is -0.879. The van der Waals surface area contributed by atoms with Crippen molar-refractivity contribution in [3.05, 3.63) is 60.1 Å². The number of para-hydroxylation sites is 1. The van der Waals surface area contributed by atoms with Crippen molar-refractivity contribution < 1.29 is 23.5 Å². The summed E-state index contributed by atoms with van der Waals surface area (Å²) in [5.41, 5.74) is 1.61. The van der Waals surface area contributed by atoms with Crippen LogP contribution in [0.5, 0.6) is 5.75 Å². The highest BCUT2D eigenvalue weighted by Gasteiger charge is 2.41. The first-order chi connectivity index (χ1) is 12.7. The van der Waals surface area contributed by atoms with Crippen LogP contribution in [0.4, 0.5) is 0 Å². The molecule has 2 unspecified atom stereocenters. The third-order valence-corrected chi connectivity index (χ3v) is 4.46. The molecule has 1 aliphatic rings. The van der Waals surface area contributed by atoms with Crippen molar-refractivity contribution in [2.45, 2.75) is 26.2 Å². The van der Waals surface area contributed by atoms with Crippen molar-refractivity contribution >= 4 is 17.3 Å². The summed E-state index contributed by atoms with van der Waals surface area (Å²) in [6, 6.07) is 11.1. The lowest BCUT2D eigenvalue weighted by molar-refractivity contribution is -0.151. The van der Waals surface area contributed by atoms with Gasteiger partial charge < -0.3 is 13.9 Å². The fourth-order valence-electron chi connectivity index (χ4n) is 3.38. The molecule has 3 rings (SSSR count). The fourth-order valence-corrected chi connectivity index (χ4v) is 3.38. The van der Waals surface area contributed by atoms with Gasteiger partial charge in [0, 0.05) is 5.92 Å². The number of carbonyl (C=O) groups excluding carboxylic acids is 2. The standard InChI is InChI=1S/C21H22O5/c1-3-24-19-9-6-5-8-15(19)16-12-14(18-10-7-11-26-18)13-17(22)20(16)21(23)25-4-2/h5-11,13,16,20H,3-4,12H2,1-2H3. The number of ether oxygens (including phenoxy) is 2. The number of ketones is 1. The molecule has 136 valence electrons. The average molecular weight is 354 g/mol. The molecule has 0 radical (unpaired) electrons. The van der Waals surface area contributed by atoms with Gasteiger partial charge >= 0.3 is 5.97 Å². The maximum atomic E-state index is 12.8. The Morgan fingerprint density at radius 3 is 2.65 bits per heavy atom. The van der Waals surface area contributed by atoms with Crippen LogP contribution in [-0.4, -0.2) is 25.0 Å². The van der Waals surface area contributed by atoms with Crippen molar-refractivity contribution in [3.8, 4) is 5.75 Å². The average Bonchev–Trinajstić information content (AvgIpc) is 3.16. The first kappa shape index (κ1) is 18.0. The van der Waals surface area contributed by atoms with Crippen LogP contribution in [0, 0.1) is 5.92 Å². The topological polar surface area (TPSA) is 65.7 Å². The number of rotatable bonds is 6. The molecule has 1 aliphatic carbocycles. The smallest absolute Gasteiger partial charge is 0.317 e. The molecule has 0 aliphatic heterocycles. The molecular weight excluding hydrogens is 332 g/mol. The van der Waals surface area contributed by atoms with Crippen LogP contribution in [0.1, 0.15) is 37.5 Å². The molecule has 0 saturated carbocycles. The second-order valence-electron chi connectivity index (χ2n) is 6.06. The molecule has 5 heteroatoms. The second kappa shape index (κ2) is 8.04. The number of furan rings is 1. The molecule has 2 aromatic rings. The highest BCUT2D eigenvalue weighted by Crippen LogP contribution is 2.43. The summed E-state index contributed by atoms with van der Waals surface area (Å²) in [5, 5.41) is 0. The van der Waals surface area contributed by atoms with Gasteiger partial charge in [-0.2, -0.15) is 0 Å². The van der Waals surface area contributed by atoms with E-state index in [2.05, 4.69) is 0 Å². The zero-order valence-electron chi connectivity index (χ0n) is 14.9. The second-order valence-corrected chi connectivity index (χ2v) is 6.06. The van der Waals surface area contributed by atoms with Crippen LogP contribution in [0.25, 0.3) is 5.57 Å². The zero-order valence-corrected chi connectivity index (χ0v) is 14.9. The SMILES string of the molecule is CCOC(=O)C1C(=O)C=C(c2ccco2)CC1c1ccccc1OCC. The first-order valence-electron chi connectivity index (χ1n) is 8.82. The van der Waals surface area contributed by atoms with E-state index in [1.807, 2.05) is 37.3 Å². The maximum Gasteiger partial charge on any atom is 0.317 e. The van der Waals surface area contributed by atoms with Crippen molar-refractivity contribution in [1.82, 2.24) is 0 Å². The van der Waals surface area contributed by atoms with Crippen LogP contribution < -0.4 is 4.74 Å². The van der Waals surface area contributed by atoms with Crippen LogP contribution in [0.15, 0.2) is 53.2 Å². The van der Waals surface area contributed by atoms with Gasteiger partial charge in [0.2, 0.25) is 0 Å². The Bertz CT molecular complexity index is 804. The summed E-state index contributed by atoms with van der Waals surface area (Å²) >= 11 is 0. The lowest BCUT2D eigenvalue weighted by Gasteiger charge is -2.29. The summed E-state index contributed by atoms with van der Waals surface area (Å²) in [5.74, 6) is -0.687. The molecule has 0 spiro atoms. The van der Waals surface area contributed by atoms with Crippen molar-refractivity contribution in [2.24, 2.45) is 5.92 Å². The van der Waals surface area contributed by atoms with E-state index >= 15 is 0 Å². The van der Waals surface area contributed by atoms with E-state index in [9.17, 15) is 9.59 Å². The highest BCUT2D eigenvalue weighted by atomic mass is 16.5. The van der Waals surface area contributed by atoms with Gasteiger partial charge in [-0.05, 0) is 55.7 Å². The monoisotopic (exact) mass is 354 g/mol. The van der Waals surface area contributed by atoms with Gasteiger partial charge in [-0.15, -0.1) is 0 Å². The van der Waals surface area contributed by atoms with Crippen LogP contribution >= 0.6 is 0 Å². The van der Waals surface area contributed by atoms with Crippen LogP contribution in [-0.2, 0) is 14.3 Å². The van der Waals surface area contributed by atoms with Gasteiger partial charge in [0.1, 0.15) is 17.4 Å². The summed E-state index contributed by atoms with van der Waals surface area (Å²) in [6.45, 7) is 4.37. The molecule has 26 heavy (non-hydrogen) atoms. The third-order valence-electron chi connectivity index (χ3n) is 4.46. The summed E-state index contributed by atoms with van der Waals surface area (Å²) in [4.78, 5) is 25.3. The Morgan fingerprint density at radius 2 is 1.96 bits per heavy atom. The number of esters is 1. The lowest BCUT2D eigenvalue weighted by atomic mass is 9.74. The predicted octanol–water partition coefficient (Wildman–Crippen LogP) is 4.00. The van der Waals surface area contributed by atoms with Gasteiger partial charge in [-0.25, -0.2) is 0 Å². The summed E-state index contributed by atoms with van der Waals surface area (Å²) in [7, 11) is 0. The number of allylic oxidation sites excluding steroid dienone is 2. The van der Waals surface area contributed by atoms with Crippen molar-refractivity contribution in [3.63, 3.8) is 0 Å². The molecule has 1 aromatic heterocycles. The Morgan fingerprint density at radius 1 is 1.15 bits per heavy atom. The minimum absolute atomic E-state index is 0.233. The van der Waals surface area contributed by atoms with E-state index in [1.54, 1.807) is 19.3 Å². The van der Waals surface area contributed by atoms with E-state index in [4.69, 9.17) is 13.9 Å². The van der Waals surface area contributed by atoms with Gasteiger partial charge in [0.15, 0.2) is 5.78 Å². The number of hydrogen-bond donors (Lipinski definition) is 0. The number of hydrogen-bond acceptors (Lipinski definition) is 5. The molecule has 1 heterocycles. The summed E-state index contributed by atoms with van der Waals surface area (Å²) in [6.07, 6.45) is 3.56. The molecule has 2 atom stereocenters. The van der Waals surface area contributed by atoms with E-state index < -0.39 is 11.9 Å². The largest absolute Gasteiger partial charge is 0.494 e. The molecule has 5 nitrogen and oxygen atoms in total. The van der Waals surface area contributed by atoms with Gasteiger partial charge in [0.05, 0.1) is 19.5 Å². The van der Waals surface area contributed by atoms with Gasteiger partial charge in [-0.3, -0.25) is 9.59 Å². The molecule has 0 bridgehead atoms. The van der Waals surface area contributed by atoms with E-state index in [-0.39, 0.29) is 18.3 Å². The minimum Gasteiger partial charge on any atom is -0.494 e. The normalized spacial score (nSPS) is 19.8. The molecular formula is C21H22O5. The lowest BCUT2D eigenvalue weighted by Crippen LogP contribution is -2.34. The molecule has 1 aromatic carbocycles. The summed E-state index contributed by atoms with van der Waals surface area (Å²) < 4.78 is 16.4. The number of benzene rings is 1. The molecule has 0 N–H and O–H groups in total. The zero-order chi connectivity index (χ0) is 18.5. The quantitative estimate of drug-likeness (QED) is 0.579. The van der Waals surface area contributed by atoms with E-state index in [0.29, 0.717) is 24.5 Å². The van der Waals surface area contributed by atoms with Gasteiger partial charge in [0.25, 0.3) is 0 Å². The first-order valence-corrected chi connectivity index (χ1v) is 8.82. The Balaban J connectivity index is 2.05. The van der Waals surface area contributed by atoms with Crippen LogP contribution in [0.3, 0.4) is 0 Å². The Kier molecular flexibility index (Phi) is 5.56. The van der Waals surface area contributed by atoms with E-state index in [1.165, 1.54) is 6.08 Å². The Hall–Kier alpha value is -2.82.